The smallest absolute Gasteiger partial charge is 0.315 e. The summed E-state index contributed by atoms with van der Waals surface area (Å²) in [7, 11) is 3.12. The molecule has 0 spiro atoms. The van der Waals surface area contributed by atoms with Crippen molar-refractivity contribution >= 4 is 17.1 Å². The maximum atomic E-state index is 12.4. The van der Waals surface area contributed by atoms with Crippen LogP contribution in [0.5, 0.6) is 17.2 Å². The lowest BCUT2D eigenvalue weighted by atomic mass is 10.1. The Morgan fingerprint density at radius 1 is 0.931 bits per heavy atom. The van der Waals surface area contributed by atoms with Crippen molar-refractivity contribution in [1.29, 1.82) is 0 Å². The second-order valence-electron chi connectivity index (χ2n) is 6.34. The summed E-state index contributed by atoms with van der Waals surface area (Å²) >= 11 is 0. The SMILES string of the molecule is COc1ccc(CC(=O)Oc2ccc3nc(-c4ccccc4)oc3c2)c(OC)c1. The molecule has 0 aliphatic rings. The molecule has 0 bridgehead atoms. The molecule has 6 nitrogen and oxygen atoms in total. The van der Waals surface area contributed by atoms with Crippen molar-refractivity contribution in [2.24, 2.45) is 0 Å². The van der Waals surface area contributed by atoms with Gasteiger partial charge in [0.15, 0.2) is 5.58 Å². The van der Waals surface area contributed by atoms with E-state index in [1.165, 1.54) is 0 Å². The number of methoxy groups -OCH3 is 2. The number of benzene rings is 3. The number of oxazole rings is 1. The molecule has 4 aromatic rings. The second-order valence-corrected chi connectivity index (χ2v) is 6.34. The number of fused-ring (bicyclic) bond motifs is 1. The third-order valence-corrected chi connectivity index (χ3v) is 4.44. The molecule has 1 aromatic heterocycles. The van der Waals surface area contributed by atoms with Gasteiger partial charge < -0.3 is 18.6 Å². The van der Waals surface area contributed by atoms with E-state index in [1.807, 2.05) is 30.3 Å². The fraction of sp³-hybridized carbons (Fsp3) is 0.130. The first-order chi connectivity index (χ1) is 14.2. The van der Waals surface area contributed by atoms with Crippen LogP contribution < -0.4 is 14.2 Å². The van der Waals surface area contributed by atoms with Gasteiger partial charge >= 0.3 is 5.97 Å². The van der Waals surface area contributed by atoms with E-state index in [0.29, 0.717) is 39.8 Å². The maximum absolute atomic E-state index is 12.4. The molecule has 4 rings (SSSR count). The maximum Gasteiger partial charge on any atom is 0.315 e. The van der Waals surface area contributed by atoms with Gasteiger partial charge in [0.25, 0.3) is 0 Å². The Kier molecular flexibility index (Phi) is 5.16. The number of carbonyl (C=O) groups excluding carboxylic acids is 1. The van der Waals surface area contributed by atoms with E-state index >= 15 is 0 Å². The predicted molar refractivity (Wildman–Crippen MR) is 108 cm³/mol. The lowest BCUT2D eigenvalue weighted by Gasteiger charge is -2.10. The molecule has 0 saturated heterocycles. The summed E-state index contributed by atoms with van der Waals surface area (Å²) in [4.78, 5) is 16.9. The van der Waals surface area contributed by atoms with Crippen LogP contribution in [0.1, 0.15) is 5.56 Å². The highest BCUT2D eigenvalue weighted by molar-refractivity contribution is 5.80. The summed E-state index contributed by atoms with van der Waals surface area (Å²) in [6.45, 7) is 0. The van der Waals surface area contributed by atoms with E-state index < -0.39 is 5.97 Å². The zero-order valence-corrected chi connectivity index (χ0v) is 16.0. The van der Waals surface area contributed by atoms with Crippen LogP contribution in [0.4, 0.5) is 0 Å². The molecule has 0 saturated carbocycles. The van der Waals surface area contributed by atoms with Crippen LogP contribution in [0, 0.1) is 0 Å². The minimum atomic E-state index is -0.407. The third kappa shape index (κ3) is 4.06. The van der Waals surface area contributed by atoms with E-state index in [4.69, 9.17) is 18.6 Å². The van der Waals surface area contributed by atoms with Gasteiger partial charge in [-0.1, -0.05) is 24.3 Å². The Hall–Kier alpha value is -3.80. The molecule has 6 heteroatoms. The van der Waals surface area contributed by atoms with Crippen LogP contribution in [-0.2, 0) is 11.2 Å². The normalized spacial score (nSPS) is 10.7. The monoisotopic (exact) mass is 389 g/mol. The molecule has 3 aromatic carbocycles. The van der Waals surface area contributed by atoms with Crippen LogP contribution >= 0.6 is 0 Å². The van der Waals surface area contributed by atoms with Gasteiger partial charge in [-0.05, 0) is 30.3 Å². The standard InChI is InChI=1S/C23H19NO5/c1-26-17-9-8-16(20(13-17)27-2)12-22(25)28-18-10-11-19-21(14-18)29-23(24-19)15-6-4-3-5-7-15/h3-11,13-14H,12H2,1-2H3. The molecule has 0 aliphatic heterocycles. The van der Waals surface area contributed by atoms with Crippen LogP contribution in [0.3, 0.4) is 0 Å². The van der Waals surface area contributed by atoms with Crippen LogP contribution in [-0.4, -0.2) is 25.2 Å². The molecule has 1 heterocycles. The summed E-state index contributed by atoms with van der Waals surface area (Å²) < 4.78 is 21.8. The van der Waals surface area contributed by atoms with E-state index in [2.05, 4.69) is 4.98 Å². The van der Waals surface area contributed by atoms with E-state index in [9.17, 15) is 4.79 Å². The number of ether oxygens (including phenoxy) is 3. The quantitative estimate of drug-likeness (QED) is 0.353. The third-order valence-electron chi connectivity index (χ3n) is 4.44. The molecule has 0 atom stereocenters. The average molecular weight is 389 g/mol. The lowest BCUT2D eigenvalue weighted by molar-refractivity contribution is -0.133. The predicted octanol–water partition coefficient (Wildman–Crippen LogP) is 4.66. The highest BCUT2D eigenvalue weighted by Crippen LogP contribution is 2.28. The molecule has 29 heavy (non-hydrogen) atoms. The van der Waals surface area contributed by atoms with Crippen molar-refractivity contribution in [2.45, 2.75) is 6.42 Å². The summed E-state index contributed by atoms with van der Waals surface area (Å²) in [5.74, 6) is 1.73. The molecule has 146 valence electrons. The molecule has 0 unspecified atom stereocenters. The van der Waals surface area contributed by atoms with Gasteiger partial charge in [0.05, 0.1) is 20.6 Å². The Morgan fingerprint density at radius 2 is 1.72 bits per heavy atom. The first kappa shape index (κ1) is 18.6. The lowest BCUT2D eigenvalue weighted by Crippen LogP contribution is -2.12. The molecule has 0 aliphatic carbocycles. The van der Waals surface area contributed by atoms with Gasteiger partial charge in [0, 0.05) is 23.3 Å². The Bertz CT molecular complexity index is 1150. The molecule has 0 N–H and O–H groups in total. The van der Waals surface area contributed by atoms with Crippen molar-refractivity contribution in [3.8, 4) is 28.7 Å². The van der Waals surface area contributed by atoms with Crippen LogP contribution in [0.25, 0.3) is 22.6 Å². The molecule has 0 amide bonds. The number of hydrogen-bond donors (Lipinski definition) is 0. The average Bonchev–Trinajstić information content (AvgIpc) is 3.18. The first-order valence-electron chi connectivity index (χ1n) is 9.04. The van der Waals surface area contributed by atoms with Crippen molar-refractivity contribution in [3.05, 3.63) is 72.3 Å². The summed E-state index contributed by atoms with van der Waals surface area (Å²) in [6, 6.07) is 20.0. The van der Waals surface area contributed by atoms with Gasteiger partial charge in [-0.15, -0.1) is 0 Å². The van der Waals surface area contributed by atoms with Gasteiger partial charge in [-0.2, -0.15) is 0 Å². The van der Waals surface area contributed by atoms with Gasteiger partial charge in [0.2, 0.25) is 5.89 Å². The van der Waals surface area contributed by atoms with E-state index in [-0.39, 0.29) is 6.42 Å². The number of carbonyl (C=O) groups is 1. The van der Waals surface area contributed by atoms with E-state index in [1.54, 1.807) is 50.6 Å². The highest BCUT2D eigenvalue weighted by atomic mass is 16.5. The summed E-state index contributed by atoms with van der Waals surface area (Å²) in [6.07, 6.45) is 0.0663. The van der Waals surface area contributed by atoms with Crippen molar-refractivity contribution < 1.29 is 23.4 Å². The van der Waals surface area contributed by atoms with Crippen LogP contribution in [0.2, 0.25) is 0 Å². The highest BCUT2D eigenvalue weighted by Gasteiger charge is 2.14. The molecular formula is C23H19NO5. The molecular weight excluding hydrogens is 370 g/mol. The minimum absolute atomic E-state index is 0.0663. The first-order valence-corrected chi connectivity index (χ1v) is 9.04. The van der Waals surface area contributed by atoms with Crippen molar-refractivity contribution in [3.63, 3.8) is 0 Å². The second kappa shape index (κ2) is 8.06. The number of rotatable bonds is 6. The summed E-state index contributed by atoms with van der Waals surface area (Å²) in [5.41, 5.74) is 2.84. The number of nitrogens with zero attached hydrogens (tertiary/aromatic N) is 1. The van der Waals surface area contributed by atoms with Crippen molar-refractivity contribution in [1.82, 2.24) is 4.98 Å². The van der Waals surface area contributed by atoms with Gasteiger partial charge in [-0.25, -0.2) is 4.98 Å². The Morgan fingerprint density at radius 3 is 2.48 bits per heavy atom. The van der Waals surface area contributed by atoms with Crippen LogP contribution in [0.15, 0.2) is 71.1 Å². The summed E-state index contributed by atoms with van der Waals surface area (Å²) in [5, 5.41) is 0. The number of aromatic nitrogens is 1. The zero-order valence-electron chi connectivity index (χ0n) is 16.0. The number of hydrogen-bond acceptors (Lipinski definition) is 6. The molecule has 0 fully saturated rings. The topological polar surface area (TPSA) is 70.8 Å². The zero-order chi connectivity index (χ0) is 20.2. The van der Waals surface area contributed by atoms with Crippen molar-refractivity contribution in [2.75, 3.05) is 14.2 Å². The fourth-order valence-corrected chi connectivity index (χ4v) is 2.99. The largest absolute Gasteiger partial charge is 0.497 e. The molecule has 0 radical (unpaired) electrons. The Labute approximate surface area is 167 Å². The minimum Gasteiger partial charge on any atom is -0.497 e. The fourth-order valence-electron chi connectivity index (χ4n) is 2.99. The van der Waals surface area contributed by atoms with Gasteiger partial charge in [-0.3, -0.25) is 4.79 Å². The van der Waals surface area contributed by atoms with E-state index in [0.717, 1.165) is 5.56 Å². The van der Waals surface area contributed by atoms with Gasteiger partial charge in [0.1, 0.15) is 22.8 Å². The Balaban J connectivity index is 1.51. The number of esters is 1.